The second-order valence-corrected chi connectivity index (χ2v) is 2.38. The summed E-state index contributed by atoms with van der Waals surface area (Å²) in [6, 6.07) is 0. The van der Waals surface area contributed by atoms with E-state index in [1.54, 1.807) is 6.92 Å². The van der Waals surface area contributed by atoms with Gasteiger partial charge in [-0.05, 0) is 6.92 Å². The largest absolute Gasteiger partial charge is 0.369 e. The third-order valence-electron chi connectivity index (χ3n) is 0.922. The van der Waals surface area contributed by atoms with E-state index in [1.807, 2.05) is 0 Å². The topological polar surface area (TPSA) is 72.2 Å². The molecule has 0 spiro atoms. The van der Waals surface area contributed by atoms with Gasteiger partial charge in [0.2, 0.25) is 11.8 Å². The van der Waals surface area contributed by atoms with Crippen molar-refractivity contribution in [3.63, 3.8) is 0 Å². The van der Waals surface area contributed by atoms with Gasteiger partial charge in [0.25, 0.3) is 0 Å². The molecule has 0 aromatic rings. The molecule has 0 saturated carbocycles. The minimum atomic E-state index is -0.621. The number of hydrogen-bond acceptors (Lipinski definition) is 2. The molecule has 0 aliphatic carbocycles. The van der Waals surface area contributed by atoms with Gasteiger partial charge in [-0.2, -0.15) is 0 Å². The Morgan fingerprint density at radius 3 is 2.45 bits per heavy atom. The number of primary amides is 1. The maximum atomic E-state index is 10.7. The highest BCUT2D eigenvalue weighted by atomic mass is 16.2. The fraction of sp³-hybridized carbons (Fsp3) is 0.429. The van der Waals surface area contributed by atoms with Crippen LogP contribution in [0.4, 0.5) is 0 Å². The van der Waals surface area contributed by atoms with Crippen molar-refractivity contribution in [2.75, 3.05) is 6.54 Å². The number of hydrogen-bond donors (Lipinski definition) is 2. The van der Waals surface area contributed by atoms with Crippen LogP contribution in [0.3, 0.4) is 0 Å². The summed E-state index contributed by atoms with van der Waals surface area (Å²) in [7, 11) is 0. The van der Waals surface area contributed by atoms with Gasteiger partial charge >= 0.3 is 0 Å². The molecule has 0 aliphatic heterocycles. The van der Waals surface area contributed by atoms with Gasteiger partial charge in [0.1, 0.15) is 6.42 Å². The normalized spacial score (nSPS) is 8.82. The van der Waals surface area contributed by atoms with Crippen molar-refractivity contribution < 1.29 is 9.59 Å². The van der Waals surface area contributed by atoms with Crippen molar-refractivity contribution in [2.24, 2.45) is 5.73 Å². The fourth-order valence-corrected chi connectivity index (χ4v) is 0.470. The first-order valence-electron chi connectivity index (χ1n) is 3.21. The van der Waals surface area contributed by atoms with Gasteiger partial charge in [-0.3, -0.25) is 9.59 Å². The Hall–Kier alpha value is -1.32. The molecule has 0 radical (unpaired) electrons. The van der Waals surface area contributed by atoms with Crippen LogP contribution in [0.15, 0.2) is 12.2 Å². The van der Waals surface area contributed by atoms with Crippen LogP contribution in [-0.4, -0.2) is 18.4 Å². The van der Waals surface area contributed by atoms with Crippen molar-refractivity contribution in [2.45, 2.75) is 13.3 Å². The van der Waals surface area contributed by atoms with Crippen LogP contribution in [0.25, 0.3) is 0 Å². The van der Waals surface area contributed by atoms with E-state index in [2.05, 4.69) is 11.9 Å². The first kappa shape index (κ1) is 9.68. The zero-order valence-corrected chi connectivity index (χ0v) is 6.52. The van der Waals surface area contributed by atoms with E-state index in [0.29, 0.717) is 6.54 Å². The molecule has 11 heavy (non-hydrogen) atoms. The van der Waals surface area contributed by atoms with Crippen LogP contribution in [0.2, 0.25) is 0 Å². The van der Waals surface area contributed by atoms with Gasteiger partial charge in [-0.25, -0.2) is 0 Å². The third-order valence-corrected chi connectivity index (χ3v) is 0.922. The number of rotatable bonds is 4. The van der Waals surface area contributed by atoms with Gasteiger partial charge in [-0.15, -0.1) is 0 Å². The van der Waals surface area contributed by atoms with Crippen molar-refractivity contribution in [3.05, 3.63) is 12.2 Å². The van der Waals surface area contributed by atoms with Crippen LogP contribution in [-0.2, 0) is 9.59 Å². The summed E-state index contributed by atoms with van der Waals surface area (Å²) in [6.45, 7) is 5.75. The van der Waals surface area contributed by atoms with Gasteiger partial charge in [0.05, 0.1) is 0 Å². The predicted molar refractivity (Wildman–Crippen MR) is 41.6 cm³/mol. The summed E-state index contributed by atoms with van der Waals surface area (Å²) >= 11 is 0. The van der Waals surface area contributed by atoms with Crippen molar-refractivity contribution in [1.29, 1.82) is 0 Å². The lowest BCUT2D eigenvalue weighted by Crippen LogP contribution is -2.29. The molecule has 0 fully saturated rings. The second-order valence-electron chi connectivity index (χ2n) is 2.38. The SMILES string of the molecule is C=C(C)CNC(=O)CC(N)=O. The fourth-order valence-electron chi connectivity index (χ4n) is 0.470. The smallest absolute Gasteiger partial charge is 0.229 e. The molecule has 3 N–H and O–H groups in total. The average molecular weight is 156 g/mol. The summed E-state index contributed by atoms with van der Waals surface area (Å²) in [5.74, 6) is -0.982. The van der Waals surface area contributed by atoms with Crippen LogP contribution >= 0.6 is 0 Å². The molecule has 0 atom stereocenters. The zero-order chi connectivity index (χ0) is 8.85. The summed E-state index contributed by atoms with van der Waals surface area (Å²) in [4.78, 5) is 20.9. The van der Waals surface area contributed by atoms with E-state index in [9.17, 15) is 9.59 Å². The Bertz CT molecular complexity index is 187. The lowest BCUT2D eigenvalue weighted by molar-refractivity contribution is -0.127. The molecule has 62 valence electrons. The van der Waals surface area contributed by atoms with E-state index < -0.39 is 5.91 Å². The Morgan fingerprint density at radius 1 is 1.55 bits per heavy atom. The second kappa shape index (κ2) is 4.49. The van der Waals surface area contributed by atoms with Crippen LogP contribution in [0, 0.1) is 0 Å². The highest BCUT2D eigenvalue weighted by molar-refractivity contribution is 5.96. The first-order valence-corrected chi connectivity index (χ1v) is 3.21. The van der Waals surface area contributed by atoms with Crippen molar-refractivity contribution in [3.8, 4) is 0 Å². The Morgan fingerprint density at radius 2 is 2.09 bits per heavy atom. The maximum Gasteiger partial charge on any atom is 0.229 e. The van der Waals surface area contributed by atoms with Crippen molar-refractivity contribution >= 4 is 11.8 Å². The predicted octanol–water partition coefficient (Wildman–Crippen LogP) is -0.446. The monoisotopic (exact) mass is 156 g/mol. The molecule has 0 aromatic heterocycles. The molecule has 0 rings (SSSR count). The van der Waals surface area contributed by atoms with E-state index >= 15 is 0 Å². The molecule has 2 amide bonds. The number of carbonyl (C=O) groups excluding carboxylic acids is 2. The highest BCUT2D eigenvalue weighted by Gasteiger charge is 2.03. The molecule has 0 heterocycles. The first-order chi connectivity index (χ1) is 5.02. The van der Waals surface area contributed by atoms with Crippen molar-refractivity contribution in [1.82, 2.24) is 5.32 Å². The van der Waals surface area contributed by atoms with E-state index in [4.69, 9.17) is 5.73 Å². The summed E-state index contributed by atoms with van der Waals surface area (Å²) in [6.07, 6.45) is -0.257. The molecule has 0 aliphatic rings. The lowest BCUT2D eigenvalue weighted by Gasteiger charge is -2.01. The number of nitrogens with two attached hydrogens (primary N) is 1. The minimum absolute atomic E-state index is 0.257. The summed E-state index contributed by atoms with van der Waals surface area (Å²) in [5, 5.41) is 2.47. The highest BCUT2D eigenvalue weighted by Crippen LogP contribution is 1.83. The minimum Gasteiger partial charge on any atom is -0.369 e. The molecule has 0 unspecified atom stereocenters. The van der Waals surface area contributed by atoms with E-state index in [1.165, 1.54) is 0 Å². The van der Waals surface area contributed by atoms with Gasteiger partial charge in [0, 0.05) is 6.54 Å². The van der Waals surface area contributed by atoms with E-state index in [-0.39, 0.29) is 12.3 Å². The molecule has 4 nitrogen and oxygen atoms in total. The molecular formula is C7H12N2O2. The molecular weight excluding hydrogens is 144 g/mol. The zero-order valence-electron chi connectivity index (χ0n) is 6.52. The van der Waals surface area contributed by atoms with Gasteiger partial charge in [-0.1, -0.05) is 12.2 Å². The lowest BCUT2D eigenvalue weighted by atomic mass is 10.3. The standard InChI is InChI=1S/C7H12N2O2/c1-5(2)4-9-7(11)3-6(8)10/h1,3-4H2,2H3,(H2,8,10)(H,9,11). The molecule has 4 heteroatoms. The summed E-state index contributed by atoms with van der Waals surface area (Å²) < 4.78 is 0. The van der Waals surface area contributed by atoms with E-state index in [0.717, 1.165) is 5.57 Å². The summed E-state index contributed by atoms with van der Waals surface area (Å²) in [5.41, 5.74) is 5.61. The quantitative estimate of drug-likeness (QED) is 0.427. The maximum absolute atomic E-state index is 10.7. The van der Waals surface area contributed by atoms with Crippen LogP contribution in [0.1, 0.15) is 13.3 Å². The third kappa shape index (κ3) is 6.57. The van der Waals surface area contributed by atoms with Crippen LogP contribution in [0.5, 0.6) is 0 Å². The molecule has 0 bridgehead atoms. The number of amides is 2. The van der Waals surface area contributed by atoms with Crippen LogP contribution < -0.4 is 11.1 Å². The molecule has 0 saturated heterocycles. The average Bonchev–Trinajstić information content (AvgIpc) is 1.82. The molecule has 0 aromatic carbocycles. The van der Waals surface area contributed by atoms with Gasteiger partial charge < -0.3 is 11.1 Å². The Kier molecular flexibility index (Phi) is 3.95. The van der Waals surface area contributed by atoms with Gasteiger partial charge in [0.15, 0.2) is 0 Å². The Labute approximate surface area is 65.5 Å². The number of carbonyl (C=O) groups is 2. The number of nitrogens with one attached hydrogen (secondary N) is 1. The Balaban J connectivity index is 3.53.